The van der Waals surface area contributed by atoms with E-state index in [4.69, 9.17) is 9.72 Å². The summed E-state index contributed by atoms with van der Waals surface area (Å²) in [6, 6.07) is 0.513. The molecule has 20 heavy (non-hydrogen) atoms. The number of piperidine rings is 1. The third-order valence-corrected chi connectivity index (χ3v) is 4.55. The third-order valence-electron chi connectivity index (χ3n) is 3.65. The van der Waals surface area contributed by atoms with E-state index in [2.05, 4.69) is 29.4 Å². The fraction of sp³-hybridized carbons (Fsp3) is 0.800. The Labute approximate surface area is 126 Å². The number of aromatic nitrogens is 1. The second-order valence-electron chi connectivity index (χ2n) is 5.97. The number of thiazole rings is 1. The van der Waals surface area contributed by atoms with Crippen LogP contribution in [0.4, 0.5) is 0 Å². The highest BCUT2D eigenvalue weighted by atomic mass is 32.1. The lowest BCUT2D eigenvalue weighted by Crippen LogP contribution is -2.36. The van der Waals surface area contributed by atoms with Gasteiger partial charge in [0.05, 0.1) is 12.3 Å². The molecule has 1 aromatic heterocycles. The lowest BCUT2D eigenvalue weighted by atomic mass is 9.99. The van der Waals surface area contributed by atoms with Gasteiger partial charge >= 0.3 is 0 Å². The summed E-state index contributed by atoms with van der Waals surface area (Å²) >= 11 is 1.77. The van der Waals surface area contributed by atoms with E-state index in [1.807, 2.05) is 0 Å². The first-order valence-electron chi connectivity index (χ1n) is 7.55. The summed E-state index contributed by atoms with van der Waals surface area (Å²) in [6.07, 6.45) is 2.57. The van der Waals surface area contributed by atoms with Crippen LogP contribution in [0.1, 0.15) is 37.4 Å². The Morgan fingerprint density at radius 3 is 3.15 bits per heavy atom. The van der Waals surface area contributed by atoms with Crippen LogP contribution in [0.3, 0.4) is 0 Å². The van der Waals surface area contributed by atoms with Gasteiger partial charge in [-0.3, -0.25) is 4.90 Å². The molecule has 0 spiro atoms. The maximum atomic E-state index is 5.29. The molecule has 1 atom stereocenters. The van der Waals surface area contributed by atoms with Gasteiger partial charge in [0.2, 0.25) is 0 Å². The fourth-order valence-corrected chi connectivity index (χ4v) is 3.43. The number of rotatable bonds is 7. The Balaban J connectivity index is 1.80. The van der Waals surface area contributed by atoms with Gasteiger partial charge in [-0.25, -0.2) is 4.98 Å². The Bertz CT molecular complexity index is 392. The molecule has 2 heterocycles. The van der Waals surface area contributed by atoms with Crippen molar-refractivity contribution in [3.63, 3.8) is 0 Å². The zero-order chi connectivity index (χ0) is 14.4. The number of likely N-dealkylation sites (tertiary alicyclic amines) is 1. The summed E-state index contributed by atoms with van der Waals surface area (Å²) in [7, 11) is 1.80. The van der Waals surface area contributed by atoms with Gasteiger partial charge in [-0.15, -0.1) is 11.3 Å². The molecular weight excluding hydrogens is 270 g/mol. The molecule has 1 saturated heterocycles. The topological polar surface area (TPSA) is 37.4 Å². The zero-order valence-electron chi connectivity index (χ0n) is 12.9. The van der Waals surface area contributed by atoms with Crippen LogP contribution >= 0.6 is 11.3 Å². The van der Waals surface area contributed by atoms with Crippen molar-refractivity contribution in [2.24, 2.45) is 5.92 Å². The minimum absolute atomic E-state index is 0.513. The molecule has 1 N–H and O–H groups in total. The van der Waals surface area contributed by atoms with E-state index >= 15 is 0 Å². The molecule has 1 aliphatic heterocycles. The van der Waals surface area contributed by atoms with Crippen molar-refractivity contribution >= 4 is 11.3 Å². The van der Waals surface area contributed by atoms with E-state index in [0.717, 1.165) is 26.2 Å². The van der Waals surface area contributed by atoms with E-state index in [1.165, 1.54) is 30.1 Å². The quantitative estimate of drug-likeness (QED) is 0.839. The average molecular weight is 297 g/mol. The van der Waals surface area contributed by atoms with Crippen molar-refractivity contribution in [3.8, 4) is 0 Å². The molecule has 5 heteroatoms. The number of hydrogen-bond acceptors (Lipinski definition) is 5. The van der Waals surface area contributed by atoms with Crippen molar-refractivity contribution in [1.29, 1.82) is 0 Å². The smallest absolute Gasteiger partial charge is 0.107 e. The molecule has 1 aromatic rings. The average Bonchev–Trinajstić information content (AvgIpc) is 2.85. The van der Waals surface area contributed by atoms with Gasteiger partial charge in [0.1, 0.15) is 5.01 Å². The van der Waals surface area contributed by atoms with Crippen LogP contribution in [-0.2, 0) is 17.8 Å². The maximum Gasteiger partial charge on any atom is 0.107 e. The van der Waals surface area contributed by atoms with Gasteiger partial charge in [0.15, 0.2) is 0 Å². The molecule has 1 aliphatic rings. The summed E-state index contributed by atoms with van der Waals surface area (Å²) in [5.74, 6) is 0.689. The zero-order valence-corrected chi connectivity index (χ0v) is 13.7. The molecule has 0 aliphatic carbocycles. The Morgan fingerprint density at radius 2 is 2.40 bits per heavy atom. The molecule has 0 radical (unpaired) electrons. The molecule has 114 valence electrons. The fourth-order valence-electron chi connectivity index (χ4n) is 2.69. The second-order valence-corrected chi connectivity index (χ2v) is 6.91. The van der Waals surface area contributed by atoms with Gasteiger partial charge in [0, 0.05) is 38.2 Å². The van der Waals surface area contributed by atoms with Gasteiger partial charge in [-0.2, -0.15) is 0 Å². The van der Waals surface area contributed by atoms with Crippen molar-refractivity contribution in [1.82, 2.24) is 15.2 Å². The summed E-state index contributed by atoms with van der Waals surface area (Å²) in [6.45, 7) is 9.42. The minimum Gasteiger partial charge on any atom is -0.384 e. The molecule has 0 aromatic carbocycles. The van der Waals surface area contributed by atoms with Crippen LogP contribution < -0.4 is 5.32 Å². The highest BCUT2D eigenvalue weighted by Gasteiger charge is 2.20. The molecule has 1 fully saturated rings. The lowest BCUT2D eigenvalue weighted by Gasteiger charge is -2.31. The van der Waals surface area contributed by atoms with Crippen LogP contribution in [0, 0.1) is 5.92 Å². The Morgan fingerprint density at radius 1 is 1.55 bits per heavy atom. The van der Waals surface area contributed by atoms with Gasteiger partial charge in [-0.1, -0.05) is 13.8 Å². The first-order chi connectivity index (χ1) is 9.67. The van der Waals surface area contributed by atoms with Crippen LogP contribution in [0.15, 0.2) is 5.38 Å². The van der Waals surface area contributed by atoms with Crippen molar-refractivity contribution in [2.75, 3.05) is 26.8 Å². The van der Waals surface area contributed by atoms with E-state index < -0.39 is 0 Å². The predicted molar refractivity (Wildman–Crippen MR) is 84.0 cm³/mol. The highest BCUT2D eigenvalue weighted by Crippen LogP contribution is 2.19. The second kappa shape index (κ2) is 8.08. The summed E-state index contributed by atoms with van der Waals surface area (Å²) in [5, 5.41) is 6.82. The monoisotopic (exact) mass is 297 g/mol. The predicted octanol–water partition coefficient (Wildman–Crippen LogP) is 2.50. The maximum absolute atomic E-state index is 5.29. The SMILES string of the molecule is COCC1CCCN(Cc2csc(CNC(C)C)n2)C1. The molecule has 0 bridgehead atoms. The van der Waals surface area contributed by atoms with Crippen molar-refractivity contribution in [2.45, 2.75) is 45.8 Å². The first-order valence-corrected chi connectivity index (χ1v) is 8.43. The van der Waals surface area contributed by atoms with Crippen LogP contribution in [-0.4, -0.2) is 42.7 Å². The van der Waals surface area contributed by atoms with Crippen LogP contribution in [0.2, 0.25) is 0 Å². The number of nitrogens with one attached hydrogen (secondary N) is 1. The summed E-state index contributed by atoms with van der Waals surface area (Å²) in [4.78, 5) is 7.25. The first kappa shape index (κ1) is 15.9. The van der Waals surface area contributed by atoms with E-state index in [9.17, 15) is 0 Å². The van der Waals surface area contributed by atoms with Crippen LogP contribution in [0.5, 0.6) is 0 Å². The highest BCUT2D eigenvalue weighted by molar-refractivity contribution is 7.09. The number of hydrogen-bond donors (Lipinski definition) is 1. The summed E-state index contributed by atoms with van der Waals surface area (Å²) in [5.41, 5.74) is 1.22. The molecule has 1 unspecified atom stereocenters. The minimum atomic E-state index is 0.513. The standard InChI is InChI=1S/C15H27N3OS/c1-12(2)16-7-15-17-14(11-20-15)9-18-6-4-5-13(8-18)10-19-3/h11-13,16H,4-10H2,1-3H3. The number of methoxy groups -OCH3 is 1. The molecular formula is C15H27N3OS. The van der Waals surface area contributed by atoms with Crippen LogP contribution in [0.25, 0.3) is 0 Å². The molecule has 0 saturated carbocycles. The number of nitrogens with zero attached hydrogens (tertiary/aromatic N) is 2. The van der Waals surface area contributed by atoms with Gasteiger partial charge in [0.25, 0.3) is 0 Å². The Kier molecular flexibility index (Phi) is 6.42. The normalized spacial score (nSPS) is 20.7. The van der Waals surface area contributed by atoms with Crippen molar-refractivity contribution in [3.05, 3.63) is 16.1 Å². The summed E-state index contributed by atoms with van der Waals surface area (Å²) < 4.78 is 5.29. The molecule has 2 rings (SSSR count). The van der Waals surface area contributed by atoms with E-state index in [0.29, 0.717) is 12.0 Å². The largest absolute Gasteiger partial charge is 0.384 e. The van der Waals surface area contributed by atoms with Gasteiger partial charge < -0.3 is 10.1 Å². The van der Waals surface area contributed by atoms with Gasteiger partial charge in [-0.05, 0) is 25.3 Å². The lowest BCUT2D eigenvalue weighted by molar-refractivity contribution is 0.0868. The van der Waals surface area contributed by atoms with E-state index in [-0.39, 0.29) is 0 Å². The molecule has 4 nitrogen and oxygen atoms in total. The van der Waals surface area contributed by atoms with E-state index in [1.54, 1.807) is 18.4 Å². The number of ether oxygens (including phenoxy) is 1. The Hall–Kier alpha value is -0.490. The third kappa shape index (κ3) is 5.13. The molecule has 0 amide bonds. The van der Waals surface area contributed by atoms with Crippen molar-refractivity contribution < 1.29 is 4.74 Å².